The minimum absolute atomic E-state index is 0.324. The van der Waals surface area contributed by atoms with Gasteiger partial charge in [0, 0.05) is 11.1 Å². The number of fused-ring (bicyclic) bond motifs is 2. The van der Waals surface area contributed by atoms with Crippen LogP contribution in [-0.2, 0) is 16.1 Å². The summed E-state index contributed by atoms with van der Waals surface area (Å²) in [6, 6.07) is 24.4. The molecule has 3 aromatic carbocycles. The fourth-order valence-electron chi connectivity index (χ4n) is 3.89. The smallest absolute Gasteiger partial charge is 0.335 e. The van der Waals surface area contributed by atoms with E-state index in [0.29, 0.717) is 12.1 Å². The number of benzene rings is 3. The van der Waals surface area contributed by atoms with Gasteiger partial charge < -0.3 is 9.30 Å². The van der Waals surface area contributed by atoms with Crippen molar-refractivity contribution in [3.05, 3.63) is 83.9 Å². The van der Waals surface area contributed by atoms with Crippen LogP contribution < -0.4 is 0 Å². The zero-order valence-corrected chi connectivity index (χ0v) is 15.4. The van der Waals surface area contributed by atoms with E-state index in [9.17, 15) is 4.79 Å². The Morgan fingerprint density at radius 2 is 1.68 bits per heavy atom. The lowest BCUT2D eigenvalue weighted by Crippen LogP contribution is -2.14. The third-order valence-electron chi connectivity index (χ3n) is 5.16. The van der Waals surface area contributed by atoms with Crippen molar-refractivity contribution in [1.29, 1.82) is 0 Å². The predicted octanol–water partition coefficient (Wildman–Crippen LogP) is 4.94. The Kier molecular flexibility index (Phi) is 3.83. The van der Waals surface area contributed by atoms with Gasteiger partial charge in [-0.25, -0.2) is 9.78 Å². The van der Waals surface area contributed by atoms with Gasteiger partial charge in [0.2, 0.25) is 0 Å². The quantitative estimate of drug-likeness (QED) is 0.472. The molecule has 0 spiro atoms. The highest BCUT2D eigenvalue weighted by Gasteiger charge is 2.23. The number of carbonyl (C=O) groups is 1. The molecule has 0 atom stereocenters. The molecule has 136 valence electrons. The first-order chi connectivity index (χ1) is 13.8. The average Bonchev–Trinajstić information content (AvgIpc) is 3.11. The minimum atomic E-state index is -0.324. The molecule has 0 radical (unpaired) electrons. The van der Waals surface area contributed by atoms with Gasteiger partial charge in [-0.1, -0.05) is 66.7 Å². The summed E-state index contributed by atoms with van der Waals surface area (Å²) in [4.78, 5) is 17.4. The van der Waals surface area contributed by atoms with Crippen LogP contribution in [-0.4, -0.2) is 22.6 Å². The maximum atomic E-state index is 12.5. The molecule has 0 saturated heterocycles. The van der Waals surface area contributed by atoms with Crippen LogP contribution in [0.5, 0.6) is 0 Å². The second-order valence-electron chi connectivity index (χ2n) is 6.81. The number of imidazole rings is 1. The van der Waals surface area contributed by atoms with Gasteiger partial charge in [-0.2, -0.15) is 0 Å². The van der Waals surface area contributed by atoms with Gasteiger partial charge in [0.25, 0.3) is 0 Å². The molecule has 5 rings (SSSR count). The van der Waals surface area contributed by atoms with Crippen LogP contribution in [0.4, 0.5) is 0 Å². The van der Waals surface area contributed by atoms with Crippen molar-refractivity contribution in [1.82, 2.24) is 9.55 Å². The number of rotatable bonds is 2. The third-order valence-corrected chi connectivity index (χ3v) is 5.16. The topological polar surface area (TPSA) is 44.1 Å². The Hall–Kier alpha value is -3.66. The largest absolute Gasteiger partial charge is 0.466 e. The van der Waals surface area contributed by atoms with Gasteiger partial charge in [-0.15, -0.1) is 0 Å². The lowest BCUT2D eigenvalue weighted by Gasteiger charge is -2.18. The summed E-state index contributed by atoms with van der Waals surface area (Å²) in [6.45, 7) is 0.402. The molecule has 2 heterocycles. The van der Waals surface area contributed by atoms with E-state index in [1.54, 1.807) is 0 Å². The van der Waals surface area contributed by atoms with Crippen LogP contribution in [0.15, 0.2) is 78.4 Å². The first-order valence-corrected chi connectivity index (χ1v) is 9.19. The Bertz CT molecular complexity index is 1240. The van der Waals surface area contributed by atoms with Crippen LogP contribution in [0.25, 0.3) is 39.6 Å². The molecule has 4 aromatic rings. The van der Waals surface area contributed by atoms with Gasteiger partial charge in [0.05, 0.1) is 30.3 Å². The van der Waals surface area contributed by atoms with Gasteiger partial charge in [-0.3, -0.25) is 0 Å². The van der Waals surface area contributed by atoms with Crippen molar-refractivity contribution in [3.63, 3.8) is 0 Å². The summed E-state index contributed by atoms with van der Waals surface area (Å²) in [7, 11) is 1.42. The Balaban J connectivity index is 1.88. The maximum absolute atomic E-state index is 12.5. The molecule has 28 heavy (non-hydrogen) atoms. The SMILES string of the molecule is COC(=O)/C1=C/c2ccccc2-c2cccc3nc(-c4ccccc4)n(c23)C1. The Morgan fingerprint density at radius 1 is 0.929 bits per heavy atom. The van der Waals surface area contributed by atoms with E-state index < -0.39 is 0 Å². The first-order valence-electron chi connectivity index (χ1n) is 9.19. The van der Waals surface area contributed by atoms with Crippen molar-refractivity contribution < 1.29 is 9.53 Å². The number of para-hydroxylation sites is 1. The Labute approximate surface area is 162 Å². The van der Waals surface area contributed by atoms with Gasteiger partial charge in [0.1, 0.15) is 5.82 Å². The van der Waals surface area contributed by atoms with E-state index in [1.807, 2.05) is 66.7 Å². The third kappa shape index (κ3) is 2.54. The van der Waals surface area contributed by atoms with E-state index >= 15 is 0 Å². The standard InChI is InChI=1S/C24H18N2O2/c1-28-24(27)18-14-17-10-5-6-11-19(17)20-12-7-13-21-22(20)26(15-18)23(25-21)16-8-3-2-4-9-16/h2-14H,15H2,1H3/b18-14+. The lowest BCUT2D eigenvalue weighted by atomic mass is 9.95. The number of hydrogen-bond donors (Lipinski definition) is 0. The number of aromatic nitrogens is 2. The van der Waals surface area contributed by atoms with Gasteiger partial charge in [-0.05, 0) is 23.3 Å². The molecule has 1 aliphatic rings. The molecule has 0 N–H and O–H groups in total. The summed E-state index contributed by atoms with van der Waals surface area (Å²) in [5.41, 5.74) is 6.76. The molecule has 1 aromatic heterocycles. The molecular formula is C24H18N2O2. The lowest BCUT2D eigenvalue weighted by molar-refractivity contribution is -0.136. The van der Waals surface area contributed by atoms with Gasteiger partial charge >= 0.3 is 5.97 Å². The monoisotopic (exact) mass is 366 g/mol. The number of hydrogen-bond acceptors (Lipinski definition) is 3. The van der Waals surface area contributed by atoms with E-state index in [4.69, 9.17) is 9.72 Å². The van der Waals surface area contributed by atoms with E-state index in [-0.39, 0.29) is 5.97 Å². The van der Waals surface area contributed by atoms with Crippen LogP contribution in [0.2, 0.25) is 0 Å². The highest BCUT2D eigenvalue weighted by molar-refractivity contribution is 6.01. The maximum Gasteiger partial charge on any atom is 0.335 e. The van der Waals surface area contributed by atoms with Crippen molar-refractivity contribution in [2.75, 3.05) is 7.11 Å². The molecule has 0 fully saturated rings. The van der Waals surface area contributed by atoms with Crippen molar-refractivity contribution >= 4 is 23.1 Å². The van der Waals surface area contributed by atoms with Crippen LogP contribution in [0.1, 0.15) is 5.56 Å². The summed E-state index contributed by atoms with van der Waals surface area (Å²) >= 11 is 0. The number of nitrogens with zero attached hydrogens (tertiary/aromatic N) is 2. The number of ether oxygens (including phenoxy) is 1. The molecular weight excluding hydrogens is 348 g/mol. The fourth-order valence-corrected chi connectivity index (χ4v) is 3.89. The van der Waals surface area contributed by atoms with Crippen molar-refractivity contribution in [2.24, 2.45) is 0 Å². The normalized spacial score (nSPS) is 14.5. The van der Waals surface area contributed by atoms with Crippen LogP contribution in [0.3, 0.4) is 0 Å². The van der Waals surface area contributed by atoms with Crippen molar-refractivity contribution in [2.45, 2.75) is 6.54 Å². The zero-order valence-electron chi connectivity index (χ0n) is 15.4. The summed E-state index contributed by atoms with van der Waals surface area (Å²) in [5, 5.41) is 0. The predicted molar refractivity (Wildman–Crippen MR) is 111 cm³/mol. The summed E-state index contributed by atoms with van der Waals surface area (Å²) < 4.78 is 7.19. The first kappa shape index (κ1) is 16.5. The number of carbonyl (C=O) groups excluding carboxylic acids is 1. The van der Waals surface area contributed by atoms with Crippen LogP contribution in [0, 0.1) is 0 Å². The van der Waals surface area contributed by atoms with E-state index in [2.05, 4.69) is 16.7 Å². The molecule has 0 unspecified atom stereocenters. The second-order valence-corrected chi connectivity index (χ2v) is 6.81. The van der Waals surface area contributed by atoms with Crippen LogP contribution >= 0.6 is 0 Å². The van der Waals surface area contributed by atoms with Crippen molar-refractivity contribution in [3.8, 4) is 22.5 Å². The second kappa shape index (κ2) is 6.50. The molecule has 0 saturated carbocycles. The zero-order chi connectivity index (χ0) is 19.1. The molecule has 0 amide bonds. The molecule has 1 aliphatic heterocycles. The molecule has 0 aliphatic carbocycles. The number of methoxy groups -OCH3 is 1. The Morgan fingerprint density at radius 3 is 2.50 bits per heavy atom. The summed E-state index contributed by atoms with van der Waals surface area (Å²) in [6.07, 6.45) is 1.93. The average molecular weight is 366 g/mol. The highest BCUT2D eigenvalue weighted by atomic mass is 16.5. The minimum Gasteiger partial charge on any atom is -0.466 e. The number of esters is 1. The highest BCUT2D eigenvalue weighted by Crippen LogP contribution is 2.37. The molecule has 4 nitrogen and oxygen atoms in total. The van der Waals surface area contributed by atoms with Gasteiger partial charge in [0.15, 0.2) is 0 Å². The molecule has 0 bridgehead atoms. The van der Waals surface area contributed by atoms with E-state index in [1.165, 1.54) is 7.11 Å². The summed E-state index contributed by atoms with van der Waals surface area (Å²) in [5.74, 6) is 0.521. The fraction of sp³-hybridized carbons (Fsp3) is 0.0833. The molecule has 4 heteroatoms. The van der Waals surface area contributed by atoms with E-state index in [0.717, 1.165) is 39.1 Å².